The van der Waals surface area contributed by atoms with Gasteiger partial charge in [-0.05, 0) is 56.7 Å². The number of benzene rings is 2. The SMILES string of the molecule is CC(=O)N1CCC[C@H]1C(=O)N[C@@H](CO)C(=O)N1CCC[C@H]1C(=O)N[C@@H](Cc1c[nH]c2ccccc12)C(=O)N[C@@H](C)C(=O)N[C@@H](C)C(=O)N[C@@H](CS)C(=O)N[C@@H](CC(=O)O)C(=O)N[C@@H](Cc1ccccc1)C(N)=O. The number of nitrogens with one attached hydrogen (secondary N) is 8. The Labute approximate surface area is 425 Å². The maximum atomic E-state index is 14.1. The van der Waals surface area contributed by atoms with E-state index in [0.717, 1.165) is 10.9 Å². The van der Waals surface area contributed by atoms with Crippen LogP contribution in [0, 0.1) is 0 Å². The molecule has 2 aliphatic heterocycles. The van der Waals surface area contributed by atoms with E-state index in [9.17, 15) is 63.0 Å². The van der Waals surface area contributed by atoms with Crippen LogP contribution in [0.1, 0.15) is 64.0 Å². The highest BCUT2D eigenvalue weighted by Crippen LogP contribution is 2.23. The molecule has 73 heavy (non-hydrogen) atoms. The Morgan fingerprint density at radius 3 is 1.78 bits per heavy atom. The predicted molar refractivity (Wildman–Crippen MR) is 265 cm³/mol. The van der Waals surface area contributed by atoms with E-state index in [0.29, 0.717) is 36.9 Å². The minimum Gasteiger partial charge on any atom is -0.481 e. The van der Waals surface area contributed by atoms with Gasteiger partial charge in [0.25, 0.3) is 0 Å². The van der Waals surface area contributed by atoms with Gasteiger partial charge < -0.3 is 67.9 Å². The average Bonchev–Trinajstić information content (AvgIpc) is 4.15. The van der Waals surface area contributed by atoms with Crippen LogP contribution in [0.5, 0.6) is 0 Å². The Kier molecular flexibility index (Phi) is 20.3. The minimum atomic E-state index is -1.71. The predicted octanol–water partition coefficient (Wildman–Crippen LogP) is -2.73. The number of likely N-dealkylation sites (tertiary alicyclic amines) is 2. The molecule has 2 saturated heterocycles. The van der Waals surface area contributed by atoms with E-state index >= 15 is 0 Å². The summed E-state index contributed by atoms with van der Waals surface area (Å²) in [7, 11) is 0. The molecule has 0 unspecified atom stereocenters. The van der Waals surface area contributed by atoms with Crippen molar-refractivity contribution in [2.24, 2.45) is 5.73 Å². The van der Waals surface area contributed by atoms with E-state index in [-0.39, 0.29) is 37.5 Å². The number of carboxylic acids is 1. The topological polar surface area (TPSA) is 361 Å². The molecular weight excluding hydrogens is 971 g/mol. The number of fused-ring (bicyclic) bond motifs is 1. The van der Waals surface area contributed by atoms with E-state index in [4.69, 9.17) is 5.73 Å². The third kappa shape index (κ3) is 15.2. The van der Waals surface area contributed by atoms with E-state index in [1.165, 1.54) is 30.6 Å². The van der Waals surface area contributed by atoms with E-state index in [1.807, 2.05) is 12.1 Å². The van der Waals surface area contributed by atoms with Crippen molar-refractivity contribution in [2.75, 3.05) is 25.4 Å². The molecule has 5 rings (SSSR count). The highest BCUT2D eigenvalue weighted by molar-refractivity contribution is 7.80. The van der Waals surface area contributed by atoms with Crippen LogP contribution >= 0.6 is 12.6 Å². The first-order valence-corrected chi connectivity index (χ1v) is 24.4. The number of hydrogen-bond donors (Lipinski definition) is 12. The second-order valence-electron chi connectivity index (χ2n) is 17.9. The minimum absolute atomic E-state index is 0.0233. The number of aliphatic hydroxyl groups excluding tert-OH is 1. The number of aliphatic hydroxyl groups is 1. The lowest BCUT2D eigenvalue weighted by molar-refractivity contribution is -0.144. The number of nitrogens with two attached hydrogens (primary N) is 1. The van der Waals surface area contributed by atoms with Crippen molar-refractivity contribution in [1.82, 2.24) is 52.0 Å². The van der Waals surface area contributed by atoms with Gasteiger partial charge in [0, 0.05) is 55.7 Å². The molecule has 2 aromatic carbocycles. The lowest BCUT2D eigenvalue weighted by Crippen LogP contribution is -2.60. The number of aliphatic carboxylic acids is 1. The van der Waals surface area contributed by atoms with Gasteiger partial charge in [-0.25, -0.2) is 0 Å². The molecule has 0 saturated carbocycles. The van der Waals surface area contributed by atoms with Gasteiger partial charge >= 0.3 is 5.97 Å². The van der Waals surface area contributed by atoms with E-state index in [1.54, 1.807) is 48.7 Å². The van der Waals surface area contributed by atoms with E-state index in [2.05, 4.69) is 54.8 Å². The summed E-state index contributed by atoms with van der Waals surface area (Å²) in [6.07, 6.45) is 2.18. The summed E-state index contributed by atoms with van der Waals surface area (Å²) in [5, 5.41) is 37.8. The molecule has 24 nitrogen and oxygen atoms in total. The first-order valence-electron chi connectivity index (χ1n) is 23.7. The summed E-state index contributed by atoms with van der Waals surface area (Å²) in [6, 6.07) is 3.96. The van der Waals surface area contributed by atoms with Crippen molar-refractivity contribution in [3.05, 3.63) is 71.9 Å². The third-order valence-electron chi connectivity index (χ3n) is 12.6. The maximum absolute atomic E-state index is 14.1. The van der Waals surface area contributed by atoms with Crippen LogP contribution in [0.25, 0.3) is 10.9 Å². The van der Waals surface area contributed by atoms with Gasteiger partial charge in [-0.3, -0.25) is 52.7 Å². The maximum Gasteiger partial charge on any atom is 0.305 e. The molecule has 25 heteroatoms. The molecule has 2 aliphatic rings. The Morgan fingerprint density at radius 2 is 1.18 bits per heavy atom. The lowest BCUT2D eigenvalue weighted by atomic mass is 10.0. The van der Waals surface area contributed by atoms with Gasteiger partial charge in [-0.1, -0.05) is 48.5 Å². The zero-order valence-electron chi connectivity index (χ0n) is 40.6. The lowest BCUT2D eigenvalue weighted by Gasteiger charge is -2.30. The van der Waals surface area contributed by atoms with Crippen LogP contribution in [0.2, 0.25) is 0 Å². The van der Waals surface area contributed by atoms with Crippen LogP contribution in [0.4, 0.5) is 0 Å². The molecule has 9 atom stereocenters. The van der Waals surface area contributed by atoms with Crippen molar-refractivity contribution in [2.45, 2.75) is 120 Å². The number of carbonyl (C=O) groups is 11. The number of carbonyl (C=O) groups excluding carboxylic acids is 10. The number of rotatable bonds is 24. The van der Waals surface area contributed by atoms with Crippen molar-refractivity contribution in [3.8, 4) is 0 Å². The van der Waals surface area contributed by atoms with E-state index < -0.39 is 127 Å². The zero-order valence-corrected chi connectivity index (χ0v) is 41.4. The number of thiol groups is 1. The van der Waals surface area contributed by atoms with Gasteiger partial charge in [-0.15, -0.1) is 0 Å². The van der Waals surface area contributed by atoms with Crippen LogP contribution < -0.4 is 43.0 Å². The van der Waals surface area contributed by atoms with Gasteiger partial charge in [0.05, 0.1) is 13.0 Å². The third-order valence-corrected chi connectivity index (χ3v) is 13.0. The Morgan fingerprint density at radius 1 is 0.658 bits per heavy atom. The number of hydrogen-bond acceptors (Lipinski definition) is 13. The standard InChI is InChI=1S/C48H63N11O13S/c1-25(41(65)51-26(2)42(66)57-36(24-73)45(69)54-34(21-39(62)63)44(68)53-32(40(49)64)19-28-11-5-4-6-12-28)52-43(67)33(20-29-22-50-31-14-8-7-13-30(29)31)55-47(71)38-16-10-18-59(38)48(72)35(23-60)56-46(70)37-15-9-17-58(37)27(3)61/h4-8,11-14,22,25-26,32-38,50,60,73H,9-10,15-21,23-24H2,1-3H3,(H2,49,64)(H,51,65)(H,52,67)(H,53,68)(H,54,69)(H,55,71)(H,56,70)(H,57,66)(H,62,63)/t25-,26-,32-,33-,34-,35-,36-,37-,38-/m0/s1. The number of H-pyrrole nitrogens is 1. The van der Waals surface area contributed by atoms with Gasteiger partial charge in [0.2, 0.25) is 59.1 Å². The first-order chi connectivity index (χ1) is 34.7. The van der Waals surface area contributed by atoms with Crippen LogP contribution in [0.3, 0.4) is 0 Å². The number of para-hydroxylation sites is 1. The smallest absolute Gasteiger partial charge is 0.305 e. The fourth-order valence-corrected chi connectivity index (χ4v) is 8.90. The number of nitrogens with zero attached hydrogens (tertiary/aromatic N) is 2. The van der Waals surface area contributed by atoms with Crippen LogP contribution in [-0.2, 0) is 65.6 Å². The summed E-state index contributed by atoms with van der Waals surface area (Å²) in [4.78, 5) is 150. The molecule has 394 valence electrons. The Balaban J connectivity index is 1.21. The molecule has 12 N–H and O–H groups in total. The fraction of sp³-hybridized carbons (Fsp3) is 0.479. The second-order valence-corrected chi connectivity index (χ2v) is 18.3. The van der Waals surface area contributed by atoms with Crippen molar-refractivity contribution in [3.63, 3.8) is 0 Å². The number of aromatic amines is 1. The molecule has 0 spiro atoms. The Hall–Kier alpha value is -7.54. The van der Waals surface area contributed by atoms with Crippen molar-refractivity contribution < 1.29 is 63.0 Å². The molecule has 0 bridgehead atoms. The summed E-state index contributed by atoms with van der Waals surface area (Å²) in [5.41, 5.74) is 7.51. The Bertz CT molecular complexity index is 2540. The number of aromatic nitrogens is 1. The van der Waals surface area contributed by atoms with Gasteiger partial charge in [0.1, 0.15) is 54.4 Å². The zero-order chi connectivity index (χ0) is 53.5. The summed E-state index contributed by atoms with van der Waals surface area (Å²) in [6.45, 7) is 3.63. The summed E-state index contributed by atoms with van der Waals surface area (Å²) in [5.74, 6) is -9.72. The number of amides is 10. The first kappa shape index (κ1) is 56.4. The largest absolute Gasteiger partial charge is 0.481 e. The van der Waals surface area contributed by atoms with Crippen molar-refractivity contribution >= 4 is 88.6 Å². The van der Waals surface area contributed by atoms with Crippen molar-refractivity contribution in [1.29, 1.82) is 0 Å². The molecular formula is C48H63N11O13S. The summed E-state index contributed by atoms with van der Waals surface area (Å²) >= 11 is 4.13. The molecule has 10 amide bonds. The summed E-state index contributed by atoms with van der Waals surface area (Å²) < 4.78 is 0. The molecule has 0 radical (unpaired) electrons. The highest BCUT2D eigenvalue weighted by atomic mass is 32.1. The number of carboxylic acid groups (broad SMARTS) is 1. The highest BCUT2D eigenvalue weighted by Gasteiger charge is 2.41. The van der Waals surface area contributed by atoms with Crippen LogP contribution in [-0.4, -0.2) is 170 Å². The molecule has 3 heterocycles. The van der Waals surface area contributed by atoms with Crippen LogP contribution in [0.15, 0.2) is 60.8 Å². The molecule has 3 aromatic rings. The quantitative estimate of drug-likeness (QED) is 0.0406. The molecule has 1 aromatic heterocycles. The number of primary amides is 1. The fourth-order valence-electron chi connectivity index (χ4n) is 8.65. The van der Waals surface area contributed by atoms with Gasteiger partial charge in [0.15, 0.2) is 0 Å². The molecule has 0 aliphatic carbocycles. The average molecular weight is 1030 g/mol. The van der Waals surface area contributed by atoms with Gasteiger partial charge in [-0.2, -0.15) is 12.6 Å². The second kappa shape index (κ2) is 26.2. The molecule has 2 fully saturated rings. The monoisotopic (exact) mass is 1030 g/mol. The normalized spacial score (nSPS) is 18.2.